The molecule has 0 aliphatic rings. The maximum atomic E-state index is 5.64. The predicted molar refractivity (Wildman–Crippen MR) is 276 cm³/mol. The fourth-order valence-corrected chi connectivity index (χ4v) is 7.72. The number of hydrogen-bond acceptors (Lipinski definition) is 3. The quantitative estimate of drug-likeness (QED) is 0.0712. The van der Waals surface area contributed by atoms with E-state index in [2.05, 4.69) is 224 Å². The van der Waals surface area contributed by atoms with Crippen molar-refractivity contribution in [3.8, 4) is 0 Å². The Morgan fingerprint density at radius 2 is 0.762 bits per heavy atom. The summed E-state index contributed by atoms with van der Waals surface area (Å²) in [5.41, 5.74) is 19.1. The van der Waals surface area contributed by atoms with Crippen LogP contribution in [0, 0.1) is 0 Å². The van der Waals surface area contributed by atoms with Crippen molar-refractivity contribution in [3.05, 3.63) is 221 Å². The highest BCUT2D eigenvalue weighted by atomic mass is 14.9. The van der Waals surface area contributed by atoms with E-state index in [1.54, 1.807) is 0 Å². The van der Waals surface area contributed by atoms with Crippen LogP contribution < -0.4 is 16.4 Å². The maximum Gasteiger partial charge on any atom is 0.0387 e. The number of aryl methyl sites for hydroxylation is 1. The molecule has 0 atom stereocenters. The Labute approximate surface area is 381 Å². The van der Waals surface area contributed by atoms with Crippen molar-refractivity contribution in [3.63, 3.8) is 0 Å². The first kappa shape index (κ1) is 48.0. The molecular weight excluding hydrogens is 763 g/mol. The van der Waals surface area contributed by atoms with E-state index in [9.17, 15) is 0 Å². The van der Waals surface area contributed by atoms with Gasteiger partial charge in [0.1, 0.15) is 0 Å². The normalized spacial score (nSPS) is 11.4. The Hall–Kier alpha value is -6.06. The van der Waals surface area contributed by atoms with Crippen LogP contribution in [0.3, 0.4) is 0 Å². The molecule has 0 amide bonds. The number of unbranched alkanes of at least 4 members (excludes halogenated alkanes) is 5. The topological polar surface area (TPSA) is 50.1 Å². The fourth-order valence-electron chi connectivity index (χ4n) is 7.72. The van der Waals surface area contributed by atoms with Crippen LogP contribution in [0.5, 0.6) is 0 Å². The number of rotatable bonds is 15. The van der Waals surface area contributed by atoms with Crippen molar-refractivity contribution in [1.29, 1.82) is 0 Å². The van der Waals surface area contributed by atoms with Crippen LogP contribution >= 0.6 is 0 Å². The van der Waals surface area contributed by atoms with Gasteiger partial charge in [0.25, 0.3) is 0 Å². The lowest BCUT2D eigenvalue weighted by atomic mass is 9.78. The molecule has 0 bridgehead atoms. The highest BCUT2D eigenvalue weighted by molar-refractivity contribution is 5.63. The van der Waals surface area contributed by atoms with Gasteiger partial charge >= 0.3 is 0 Å². The number of nitrogens with two attached hydrogens (primary N) is 1. The lowest BCUT2D eigenvalue weighted by molar-refractivity contribution is 0.590. The molecule has 328 valence electrons. The molecule has 0 unspecified atom stereocenters. The number of anilines is 5. The van der Waals surface area contributed by atoms with Gasteiger partial charge in [-0.2, -0.15) is 0 Å². The van der Waals surface area contributed by atoms with Gasteiger partial charge in [-0.3, -0.25) is 0 Å². The summed E-state index contributed by atoms with van der Waals surface area (Å²) in [6.45, 7) is 18.1. The van der Waals surface area contributed by atoms with Crippen LogP contribution in [0.2, 0.25) is 0 Å². The van der Waals surface area contributed by atoms with E-state index >= 15 is 0 Å². The Morgan fingerprint density at radius 3 is 1.24 bits per heavy atom. The SMILES string of the molecule is CC(C)(C)c1ccc(Nc2ccccc2)cc1.CC(C)(c1ccccc1)c1cccc(Nc2cccc(C(C)(C)c3ccccc3)c2)c1.CCCCCCCCc1ccc(N)cc1. The summed E-state index contributed by atoms with van der Waals surface area (Å²) in [6.07, 6.45) is 9.39. The van der Waals surface area contributed by atoms with Crippen LogP contribution in [0.4, 0.5) is 28.4 Å². The first-order valence-electron chi connectivity index (χ1n) is 23.1. The van der Waals surface area contributed by atoms with Gasteiger partial charge in [0.15, 0.2) is 0 Å². The van der Waals surface area contributed by atoms with Crippen LogP contribution in [-0.2, 0) is 22.7 Å². The van der Waals surface area contributed by atoms with Crippen molar-refractivity contribution < 1.29 is 0 Å². The molecule has 7 aromatic rings. The number of benzene rings is 7. The lowest BCUT2D eigenvalue weighted by Crippen LogP contribution is -2.19. The van der Waals surface area contributed by atoms with Gasteiger partial charge in [0.05, 0.1) is 0 Å². The van der Waals surface area contributed by atoms with E-state index in [-0.39, 0.29) is 16.2 Å². The van der Waals surface area contributed by atoms with Gasteiger partial charge in [-0.05, 0) is 112 Å². The molecule has 7 rings (SSSR count). The number of nitrogen functional groups attached to an aromatic ring is 1. The van der Waals surface area contributed by atoms with Crippen molar-refractivity contribution in [2.45, 2.75) is 117 Å². The number of nitrogens with one attached hydrogen (secondary N) is 2. The highest BCUT2D eigenvalue weighted by Gasteiger charge is 2.24. The second kappa shape index (κ2) is 23.4. The molecule has 0 spiro atoms. The van der Waals surface area contributed by atoms with Gasteiger partial charge in [0.2, 0.25) is 0 Å². The van der Waals surface area contributed by atoms with Crippen molar-refractivity contribution in [1.82, 2.24) is 0 Å². The monoisotopic (exact) mass is 836 g/mol. The van der Waals surface area contributed by atoms with Crippen molar-refractivity contribution in [2.75, 3.05) is 16.4 Å². The second-order valence-electron chi connectivity index (χ2n) is 18.8. The zero-order valence-electron chi connectivity index (χ0n) is 39.4. The smallest absolute Gasteiger partial charge is 0.0387 e. The average molecular weight is 836 g/mol. The van der Waals surface area contributed by atoms with Gasteiger partial charge in [0, 0.05) is 39.3 Å². The standard InChI is InChI=1S/C30H31N.C16H19N.C14H23N/c1-29(2,23-13-7-5-8-14-23)25-17-11-19-27(21-25)31-28-20-12-18-26(22-28)30(3,4)24-15-9-6-10-16-24;1-16(2,3)13-9-11-15(12-10-13)17-14-7-5-4-6-8-14;1-2-3-4-5-6-7-8-13-9-11-14(15)12-10-13/h5-22,31H,1-4H3;4-12,17H,1-3H3;9-12H,2-8,15H2,1H3. The summed E-state index contributed by atoms with van der Waals surface area (Å²) in [4.78, 5) is 0. The molecule has 63 heavy (non-hydrogen) atoms. The van der Waals surface area contributed by atoms with E-state index in [1.807, 2.05) is 30.3 Å². The Bertz CT molecular complexity index is 2250. The highest BCUT2D eigenvalue weighted by Crippen LogP contribution is 2.35. The third kappa shape index (κ3) is 15.1. The van der Waals surface area contributed by atoms with Gasteiger partial charge in [-0.15, -0.1) is 0 Å². The van der Waals surface area contributed by atoms with E-state index in [1.165, 1.54) is 78.3 Å². The van der Waals surface area contributed by atoms with Crippen LogP contribution in [0.25, 0.3) is 0 Å². The molecule has 4 N–H and O–H groups in total. The molecule has 0 heterocycles. The molecule has 3 nitrogen and oxygen atoms in total. The average Bonchev–Trinajstić information content (AvgIpc) is 3.30. The Balaban J connectivity index is 0.000000197. The minimum Gasteiger partial charge on any atom is -0.399 e. The van der Waals surface area contributed by atoms with Gasteiger partial charge < -0.3 is 16.4 Å². The third-order valence-corrected chi connectivity index (χ3v) is 12.1. The molecule has 0 aliphatic heterocycles. The Kier molecular flexibility index (Phi) is 17.8. The fraction of sp³-hybridized carbons (Fsp3) is 0.300. The van der Waals surface area contributed by atoms with Gasteiger partial charge in [-0.25, -0.2) is 0 Å². The molecule has 0 aliphatic carbocycles. The van der Waals surface area contributed by atoms with Crippen molar-refractivity contribution >= 4 is 28.4 Å². The van der Waals surface area contributed by atoms with E-state index in [0.717, 1.165) is 28.4 Å². The largest absolute Gasteiger partial charge is 0.399 e. The molecule has 0 saturated carbocycles. The van der Waals surface area contributed by atoms with Crippen LogP contribution in [0.1, 0.15) is 127 Å². The molecule has 7 aromatic carbocycles. The zero-order valence-corrected chi connectivity index (χ0v) is 39.4. The second-order valence-corrected chi connectivity index (χ2v) is 18.8. The molecule has 3 heteroatoms. The number of hydrogen-bond donors (Lipinski definition) is 3. The summed E-state index contributed by atoms with van der Waals surface area (Å²) in [6, 6.07) is 66.0. The summed E-state index contributed by atoms with van der Waals surface area (Å²) in [7, 11) is 0. The van der Waals surface area contributed by atoms with E-state index < -0.39 is 0 Å². The van der Waals surface area contributed by atoms with E-state index in [4.69, 9.17) is 5.73 Å². The minimum atomic E-state index is -0.0594. The van der Waals surface area contributed by atoms with E-state index in [0.29, 0.717) is 0 Å². The number of para-hydroxylation sites is 1. The predicted octanol–water partition coefficient (Wildman–Crippen LogP) is 17.0. The Morgan fingerprint density at radius 1 is 0.365 bits per heavy atom. The molecular formula is C60H73N3. The van der Waals surface area contributed by atoms with Crippen molar-refractivity contribution in [2.24, 2.45) is 0 Å². The van der Waals surface area contributed by atoms with Crippen LogP contribution in [-0.4, -0.2) is 0 Å². The summed E-state index contributed by atoms with van der Waals surface area (Å²) >= 11 is 0. The maximum absolute atomic E-state index is 5.64. The van der Waals surface area contributed by atoms with Gasteiger partial charge in [-0.1, -0.05) is 215 Å². The molecule has 0 aromatic heterocycles. The molecule has 0 fully saturated rings. The minimum absolute atomic E-state index is 0.0594. The first-order chi connectivity index (χ1) is 30.3. The molecule has 0 radical (unpaired) electrons. The third-order valence-electron chi connectivity index (χ3n) is 12.1. The summed E-state index contributed by atoms with van der Waals surface area (Å²) < 4.78 is 0. The summed E-state index contributed by atoms with van der Waals surface area (Å²) in [5, 5.41) is 7.01. The first-order valence-corrected chi connectivity index (χ1v) is 23.1. The zero-order chi connectivity index (χ0) is 45.1. The van der Waals surface area contributed by atoms with Crippen LogP contribution in [0.15, 0.2) is 188 Å². The summed E-state index contributed by atoms with van der Waals surface area (Å²) in [5.74, 6) is 0. The lowest BCUT2D eigenvalue weighted by Gasteiger charge is -2.27. The molecule has 0 saturated heterocycles.